The van der Waals surface area contributed by atoms with Gasteiger partial charge in [-0.25, -0.2) is 8.42 Å². The molecule has 1 N–H and O–H groups in total. The second-order valence-corrected chi connectivity index (χ2v) is 6.46. The van der Waals surface area contributed by atoms with Crippen LogP contribution >= 0.6 is 11.3 Å². The summed E-state index contributed by atoms with van der Waals surface area (Å²) in [4.78, 5) is 1.32. The number of hydrogen-bond acceptors (Lipinski definition) is 5. The molecule has 124 valence electrons. The third-order valence-corrected chi connectivity index (χ3v) is 4.24. The number of nitrogens with zero attached hydrogens (tertiary/aromatic N) is 1. The first-order valence-electron chi connectivity index (χ1n) is 6.14. The Morgan fingerprint density at radius 1 is 1.43 bits per heavy atom. The maximum absolute atomic E-state index is 10.7. The van der Waals surface area contributed by atoms with E-state index in [4.69, 9.17) is 18.1 Å². The molecule has 0 aliphatic rings. The topological polar surface area (TPSA) is 81.3 Å². The fraction of sp³-hybridized carbons (Fsp3) is 0.727. The first-order chi connectivity index (χ1) is 9.54. The Kier molecular flexibility index (Phi) is 8.37. The van der Waals surface area contributed by atoms with Crippen LogP contribution in [0.1, 0.15) is 30.3 Å². The van der Waals surface area contributed by atoms with Crippen molar-refractivity contribution in [2.45, 2.75) is 45.2 Å². The van der Waals surface area contributed by atoms with Crippen molar-refractivity contribution in [1.29, 1.82) is 0 Å². The lowest BCUT2D eigenvalue weighted by atomic mass is 10.3. The van der Waals surface area contributed by atoms with Gasteiger partial charge in [0.2, 0.25) is 5.51 Å². The van der Waals surface area contributed by atoms with Gasteiger partial charge in [0.15, 0.2) is 15.8 Å². The van der Waals surface area contributed by atoms with Crippen LogP contribution in [-0.2, 0) is 23.1 Å². The Bertz CT molecular complexity index is 526. The summed E-state index contributed by atoms with van der Waals surface area (Å²) in [7, 11) is -6.09. The van der Waals surface area contributed by atoms with E-state index >= 15 is 0 Å². The summed E-state index contributed by atoms with van der Waals surface area (Å²) in [5.41, 5.74) is -2.16. The Morgan fingerprint density at radius 3 is 2.33 bits per heavy atom. The minimum atomic E-state index is -6.09. The fourth-order valence-electron chi connectivity index (χ4n) is 1.34. The molecule has 5 nitrogen and oxygen atoms in total. The lowest BCUT2D eigenvalue weighted by molar-refractivity contribution is -0.698. The van der Waals surface area contributed by atoms with Crippen molar-refractivity contribution in [3.63, 3.8) is 0 Å². The van der Waals surface area contributed by atoms with Gasteiger partial charge in [0.05, 0.1) is 4.88 Å². The Morgan fingerprint density at radius 2 is 1.95 bits per heavy atom. The third kappa shape index (κ3) is 7.21. The number of halogens is 3. The number of rotatable bonds is 5. The molecule has 0 unspecified atom stereocenters. The van der Waals surface area contributed by atoms with E-state index < -0.39 is 15.6 Å². The van der Waals surface area contributed by atoms with Gasteiger partial charge in [0.25, 0.3) is 0 Å². The number of aliphatic hydroxyl groups excluding tert-OH is 1. The van der Waals surface area contributed by atoms with E-state index in [-0.39, 0.29) is 6.61 Å². The SMILES string of the molecule is CCCC[n+]1csc(CCO)c1C.O=S(=O)([O-])C(F)(F)F. The van der Waals surface area contributed by atoms with Gasteiger partial charge in [0, 0.05) is 26.4 Å². The van der Waals surface area contributed by atoms with Crippen molar-refractivity contribution >= 4 is 21.5 Å². The van der Waals surface area contributed by atoms with Crippen molar-refractivity contribution in [2.75, 3.05) is 6.61 Å². The minimum absolute atomic E-state index is 0.259. The quantitative estimate of drug-likeness (QED) is 0.499. The number of hydrogen-bond donors (Lipinski definition) is 1. The van der Waals surface area contributed by atoms with E-state index in [1.807, 2.05) is 0 Å². The van der Waals surface area contributed by atoms with Crippen LogP contribution in [0.5, 0.6) is 0 Å². The molecule has 1 aromatic heterocycles. The highest BCUT2D eigenvalue weighted by molar-refractivity contribution is 7.86. The molecule has 0 saturated heterocycles. The highest BCUT2D eigenvalue weighted by Crippen LogP contribution is 2.20. The molecule has 0 saturated carbocycles. The van der Waals surface area contributed by atoms with Crippen LogP contribution in [0.3, 0.4) is 0 Å². The lowest BCUT2D eigenvalue weighted by Gasteiger charge is -2.08. The zero-order chi connectivity index (χ0) is 16.7. The summed E-state index contributed by atoms with van der Waals surface area (Å²) < 4.78 is 61.2. The van der Waals surface area contributed by atoms with Crippen LogP contribution in [0.25, 0.3) is 0 Å². The fourth-order valence-corrected chi connectivity index (χ4v) is 2.36. The maximum atomic E-state index is 10.7. The Hall–Kier alpha value is -0.710. The highest BCUT2D eigenvalue weighted by atomic mass is 32.2. The molecular formula is C11H18F3NO4S2. The van der Waals surface area contributed by atoms with Crippen molar-refractivity contribution in [3.8, 4) is 0 Å². The van der Waals surface area contributed by atoms with Crippen LogP contribution in [0.15, 0.2) is 5.51 Å². The van der Waals surface area contributed by atoms with E-state index in [9.17, 15) is 13.2 Å². The molecule has 0 aliphatic heterocycles. The third-order valence-electron chi connectivity index (χ3n) is 2.53. The Labute approximate surface area is 125 Å². The highest BCUT2D eigenvalue weighted by Gasteiger charge is 2.36. The van der Waals surface area contributed by atoms with Gasteiger partial charge < -0.3 is 9.66 Å². The summed E-state index contributed by atoms with van der Waals surface area (Å²) in [6.07, 6.45) is 3.27. The van der Waals surface area contributed by atoms with E-state index in [0.29, 0.717) is 0 Å². The van der Waals surface area contributed by atoms with Crippen molar-refractivity contribution in [1.82, 2.24) is 0 Å². The maximum Gasteiger partial charge on any atom is 0.485 e. The molecule has 1 aromatic rings. The molecule has 0 aliphatic carbocycles. The Balaban J connectivity index is 0.000000433. The largest absolute Gasteiger partial charge is 0.741 e. The van der Waals surface area contributed by atoms with Crippen LogP contribution in [0, 0.1) is 6.92 Å². The summed E-state index contributed by atoms with van der Waals surface area (Å²) in [6.45, 7) is 5.72. The number of aryl methyl sites for hydroxylation is 1. The van der Waals surface area contributed by atoms with Gasteiger partial charge in [-0.2, -0.15) is 17.7 Å². The van der Waals surface area contributed by atoms with Crippen molar-refractivity contribution in [3.05, 3.63) is 16.1 Å². The van der Waals surface area contributed by atoms with Crippen LogP contribution < -0.4 is 4.57 Å². The predicted octanol–water partition coefficient (Wildman–Crippen LogP) is 1.73. The van der Waals surface area contributed by atoms with Crippen LogP contribution in [0.2, 0.25) is 0 Å². The predicted molar refractivity (Wildman–Crippen MR) is 70.7 cm³/mol. The zero-order valence-electron chi connectivity index (χ0n) is 11.7. The molecule has 0 radical (unpaired) electrons. The molecule has 1 heterocycles. The molecule has 21 heavy (non-hydrogen) atoms. The number of aromatic nitrogens is 1. The molecule has 1 rings (SSSR count). The number of unbranched alkanes of at least 4 members (excludes halogenated alkanes) is 1. The molecule has 0 amide bonds. The average molecular weight is 349 g/mol. The van der Waals surface area contributed by atoms with Gasteiger partial charge >= 0.3 is 5.51 Å². The molecule has 0 bridgehead atoms. The summed E-state index contributed by atoms with van der Waals surface area (Å²) in [5.74, 6) is 0. The molecule has 10 heteroatoms. The second-order valence-electron chi connectivity index (χ2n) is 4.15. The molecular weight excluding hydrogens is 331 g/mol. The molecule has 0 aromatic carbocycles. The summed E-state index contributed by atoms with van der Waals surface area (Å²) in [6, 6.07) is 0. The molecule has 0 fully saturated rings. The average Bonchev–Trinajstić information content (AvgIpc) is 2.67. The van der Waals surface area contributed by atoms with E-state index in [1.165, 1.54) is 23.4 Å². The normalized spacial score (nSPS) is 12.0. The molecule has 0 spiro atoms. The van der Waals surface area contributed by atoms with E-state index in [0.717, 1.165) is 13.0 Å². The number of aliphatic hydroxyl groups is 1. The van der Waals surface area contributed by atoms with Gasteiger partial charge in [-0.15, -0.1) is 0 Å². The summed E-state index contributed by atoms with van der Waals surface area (Å²) in [5, 5.41) is 8.83. The number of thiazole rings is 1. The second kappa shape index (κ2) is 8.66. The standard InChI is InChI=1S/C10H18NOS.CHF3O3S/c1-3-4-6-11-8-13-10(5-7-12)9(11)2;2-1(3,4)8(5,6)7/h8,12H,3-7H2,1-2H3;(H,5,6,7)/q+1;/p-1. The van der Waals surface area contributed by atoms with E-state index in [1.54, 1.807) is 11.3 Å². The van der Waals surface area contributed by atoms with E-state index in [2.05, 4.69) is 23.9 Å². The van der Waals surface area contributed by atoms with Crippen LogP contribution in [-0.4, -0.2) is 30.2 Å². The zero-order valence-corrected chi connectivity index (χ0v) is 13.3. The first kappa shape index (κ1) is 20.3. The van der Waals surface area contributed by atoms with Crippen molar-refractivity contribution < 1.29 is 35.8 Å². The van der Waals surface area contributed by atoms with Gasteiger partial charge in [-0.1, -0.05) is 24.7 Å². The van der Waals surface area contributed by atoms with Crippen LogP contribution in [0.4, 0.5) is 13.2 Å². The van der Waals surface area contributed by atoms with Gasteiger partial charge in [0.1, 0.15) is 6.54 Å². The number of alkyl halides is 3. The van der Waals surface area contributed by atoms with Crippen molar-refractivity contribution in [2.24, 2.45) is 0 Å². The lowest BCUT2D eigenvalue weighted by Crippen LogP contribution is -2.34. The smallest absolute Gasteiger partial charge is 0.485 e. The first-order valence-corrected chi connectivity index (χ1v) is 8.42. The minimum Gasteiger partial charge on any atom is -0.741 e. The summed E-state index contributed by atoms with van der Waals surface area (Å²) >= 11 is 1.75. The van der Waals surface area contributed by atoms with Gasteiger partial charge in [-0.3, -0.25) is 0 Å². The molecule has 0 atom stereocenters. The monoisotopic (exact) mass is 349 g/mol. The van der Waals surface area contributed by atoms with Gasteiger partial charge in [-0.05, 0) is 0 Å².